The number of nitrogens with one attached hydrogen (secondary N) is 1. The summed E-state index contributed by atoms with van der Waals surface area (Å²) in [6.45, 7) is 15.0. The van der Waals surface area contributed by atoms with Crippen LogP contribution in [-0.2, 0) is 4.79 Å². The predicted octanol–water partition coefficient (Wildman–Crippen LogP) is 4.64. The number of rotatable bonds is 13. The Balaban J connectivity index is 2.15. The topological polar surface area (TPSA) is 63.1 Å². The molecule has 0 aliphatic rings. The molecule has 0 saturated heterocycles. The van der Waals surface area contributed by atoms with Gasteiger partial charge in [-0.1, -0.05) is 57.5 Å². The van der Waals surface area contributed by atoms with E-state index >= 15 is 0 Å². The summed E-state index contributed by atoms with van der Waals surface area (Å²) in [6.07, 6.45) is 4.00. The summed E-state index contributed by atoms with van der Waals surface area (Å²) in [7, 11) is 0. The normalized spacial score (nSPS) is 14.7. The van der Waals surface area contributed by atoms with Gasteiger partial charge in [-0.3, -0.25) is 9.69 Å². The SMILES string of the molecule is CCCC(C)N(CCC(NC=O)c1ccccc1)CC(C)n1c(C)nnc1C(C)C. The van der Waals surface area contributed by atoms with Crippen molar-refractivity contribution in [2.24, 2.45) is 0 Å². The Hall–Kier alpha value is -2.21. The largest absolute Gasteiger partial charge is 0.352 e. The van der Waals surface area contributed by atoms with Gasteiger partial charge in [0.1, 0.15) is 11.6 Å². The van der Waals surface area contributed by atoms with Crippen LogP contribution in [0.1, 0.15) is 89.1 Å². The highest BCUT2D eigenvalue weighted by Gasteiger charge is 2.23. The van der Waals surface area contributed by atoms with E-state index in [9.17, 15) is 4.79 Å². The third kappa shape index (κ3) is 6.39. The smallest absolute Gasteiger partial charge is 0.207 e. The van der Waals surface area contributed by atoms with Gasteiger partial charge in [0.15, 0.2) is 0 Å². The van der Waals surface area contributed by atoms with Gasteiger partial charge in [0.25, 0.3) is 0 Å². The van der Waals surface area contributed by atoms with Crippen molar-refractivity contribution in [1.29, 1.82) is 0 Å². The number of nitrogens with zero attached hydrogens (tertiary/aromatic N) is 4. The molecule has 1 heterocycles. The molecular weight excluding hydrogens is 374 g/mol. The van der Waals surface area contributed by atoms with E-state index in [4.69, 9.17) is 0 Å². The Morgan fingerprint density at radius 3 is 2.40 bits per heavy atom. The summed E-state index contributed by atoms with van der Waals surface area (Å²) in [4.78, 5) is 13.8. The van der Waals surface area contributed by atoms with E-state index in [1.807, 2.05) is 25.1 Å². The lowest BCUT2D eigenvalue weighted by molar-refractivity contribution is -0.110. The van der Waals surface area contributed by atoms with Gasteiger partial charge in [-0.15, -0.1) is 10.2 Å². The van der Waals surface area contributed by atoms with Crippen LogP contribution < -0.4 is 5.32 Å². The molecule has 0 bridgehead atoms. The van der Waals surface area contributed by atoms with Crippen molar-refractivity contribution in [3.05, 3.63) is 47.5 Å². The number of amides is 1. The summed E-state index contributed by atoms with van der Waals surface area (Å²) in [5, 5.41) is 11.7. The van der Waals surface area contributed by atoms with Gasteiger partial charge in [0.2, 0.25) is 6.41 Å². The van der Waals surface area contributed by atoms with E-state index in [0.29, 0.717) is 12.0 Å². The third-order valence-corrected chi connectivity index (χ3v) is 5.85. The molecule has 0 saturated carbocycles. The van der Waals surface area contributed by atoms with Crippen LogP contribution in [0, 0.1) is 6.92 Å². The molecule has 6 heteroatoms. The molecule has 1 amide bonds. The van der Waals surface area contributed by atoms with Crippen molar-refractivity contribution in [1.82, 2.24) is 25.0 Å². The molecule has 0 radical (unpaired) electrons. The van der Waals surface area contributed by atoms with Gasteiger partial charge in [-0.25, -0.2) is 0 Å². The standard InChI is InChI=1S/C24H39N5O/c1-7-11-19(4)28(15-14-23(25-17-30)22-12-9-8-10-13-22)16-20(5)29-21(6)26-27-24(29)18(2)3/h8-10,12-13,17-20,23H,7,11,14-16H2,1-6H3,(H,25,30). The molecule has 0 fully saturated rings. The number of aryl methyl sites for hydroxylation is 1. The molecule has 0 spiro atoms. The highest BCUT2D eigenvalue weighted by atomic mass is 16.1. The van der Waals surface area contributed by atoms with Gasteiger partial charge >= 0.3 is 0 Å². The molecule has 166 valence electrons. The van der Waals surface area contributed by atoms with Crippen molar-refractivity contribution < 1.29 is 4.79 Å². The van der Waals surface area contributed by atoms with Gasteiger partial charge in [-0.05, 0) is 39.2 Å². The Morgan fingerprint density at radius 2 is 1.80 bits per heavy atom. The Kier molecular flexibility index (Phi) is 9.50. The number of hydrogen-bond acceptors (Lipinski definition) is 4. The van der Waals surface area contributed by atoms with Gasteiger partial charge < -0.3 is 9.88 Å². The van der Waals surface area contributed by atoms with Crippen LogP contribution >= 0.6 is 0 Å². The molecule has 3 atom stereocenters. The fraction of sp³-hybridized carbons (Fsp3) is 0.625. The zero-order chi connectivity index (χ0) is 22.1. The van der Waals surface area contributed by atoms with E-state index < -0.39 is 0 Å². The maximum absolute atomic E-state index is 11.2. The maximum Gasteiger partial charge on any atom is 0.207 e. The van der Waals surface area contributed by atoms with Crippen molar-refractivity contribution in [2.45, 2.75) is 84.8 Å². The summed E-state index contributed by atoms with van der Waals surface area (Å²) in [5.41, 5.74) is 1.15. The Morgan fingerprint density at radius 1 is 1.10 bits per heavy atom. The molecule has 1 aromatic heterocycles. The number of carbonyl (C=O) groups excluding carboxylic acids is 1. The van der Waals surface area contributed by atoms with Crippen LogP contribution in [0.4, 0.5) is 0 Å². The Bertz CT molecular complexity index is 758. The first-order chi connectivity index (χ1) is 14.4. The lowest BCUT2D eigenvalue weighted by atomic mass is 10.0. The van der Waals surface area contributed by atoms with Crippen molar-refractivity contribution in [3.63, 3.8) is 0 Å². The second-order valence-corrected chi connectivity index (χ2v) is 8.65. The molecule has 1 aromatic carbocycles. The van der Waals surface area contributed by atoms with E-state index in [2.05, 4.69) is 71.7 Å². The molecule has 1 N–H and O–H groups in total. The van der Waals surface area contributed by atoms with Gasteiger partial charge in [0, 0.05) is 31.1 Å². The minimum atomic E-state index is 0.0261. The fourth-order valence-corrected chi connectivity index (χ4v) is 4.25. The molecular formula is C24H39N5O. The van der Waals surface area contributed by atoms with Crippen molar-refractivity contribution in [3.8, 4) is 0 Å². The number of carbonyl (C=O) groups is 1. The summed E-state index contributed by atoms with van der Waals surface area (Å²) in [6, 6.07) is 11.0. The molecule has 0 aliphatic heterocycles. The minimum absolute atomic E-state index is 0.0261. The zero-order valence-corrected chi connectivity index (χ0v) is 19.5. The zero-order valence-electron chi connectivity index (χ0n) is 19.5. The quantitative estimate of drug-likeness (QED) is 0.486. The van der Waals surface area contributed by atoms with E-state index in [0.717, 1.165) is 56.0 Å². The van der Waals surface area contributed by atoms with E-state index in [1.165, 1.54) is 0 Å². The van der Waals surface area contributed by atoms with Gasteiger partial charge in [-0.2, -0.15) is 0 Å². The van der Waals surface area contributed by atoms with Crippen LogP contribution in [0.5, 0.6) is 0 Å². The van der Waals surface area contributed by atoms with Crippen LogP contribution in [0.3, 0.4) is 0 Å². The Labute approximate surface area is 182 Å². The average Bonchev–Trinajstić information content (AvgIpc) is 3.12. The highest BCUT2D eigenvalue weighted by Crippen LogP contribution is 2.23. The lowest BCUT2D eigenvalue weighted by Gasteiger charge is -2.33. The molecule has 30 heavy (non-hydrogen) atoms. The summed E-state index contributed by atoms with van der Waals surface area (Å²) < 4.78 is 2.29. The monoisotopic (exact) mass is 413 g/mol. The molecule has 6 nitrogen and oxygen atoms in total. The van der Waals surface area contributed by atoms with E-state index in [-0.39, 0.29) is 12.1 Å². The number of hydrogen-bond donors (Lipinski definition) is 1. The minimum Gasteiger partial charge on any atom is -0.352 e. The van der Waals surface area contributed by atoms with Crippen molar-refractivity contribution in [2.75, 3.05) is 13.1 Å². The molecule has 2 rings (SSSR count). The molecule has 2 aromatic rings. The third-order valence-electron chi connectivity index (χ3n) is 5.85. The first-order valence-corrected chi connectivity index (χ1v) is 11.3. The second-order valence-electron chi connectivity index (χ2n) is 8.65. The second kappa shape index (κ2) is 11.8. The number of aromatic nitrogens is 3. The number of benzene rings is 1. The van der Waals surface area contributed by atoms with Gasteiger partial charge in [0.05, 0.1) is 6.04 Å². The van der Waals surface area contributed by atoms with Crippen LogP contribution in [0.25, 0.3) is 0 Å². The van der Waals surface area contributed by atoms with Crippen molar-refractivity contribution >= 4 is 6.41 Å². The van der Waals surface area contributed by atoms with Crippen LogP contribution in [0.15, 0.2) is 30.3 Å². The lowest BCUT2D eigenvalue weighted by Crippen LogP contribution is -2.39. The predicted molar refractivity (Wildman–Crippen MR) is 123 cm³/mol. The summed E-state index contributed by atoms with van der Waals surface area (Å²) >= 11 is 0. The van der Waals surface area contributed by atoms with Crippen LogP contribution in [0.2, 0.25) is 0 Å². The molecule has 3 unspecified atom stereocenters. The first-order valence-electron chi connectivity index (χ1n) is 11.3. The maximum atomic E-state index is 11.2. The highest BCUT2D eigenvalue weighted by molar-refractivity contribution is 5.47. The molecule has 0 aliphatic carbocycles. The fourth-order valence-electron chi connectivity index (χ4n) is 4.25. The summed E-state index contributed by atoms with van der Waals surface area (Å²) in [5.74, 6) is 2.36. The van der Waals surface area contributed by atoms with Crippen LogP contribution in [-0.4, -0.2) is 45.2 Å². The average molecular weight is 414 g/mol. The first kappa shape index (κ1) is 24.1. The van der Waals surface area contributed by atoms with E-state index in [1.54, 1.807) is 0 Å².